The van der Waals surface area contributed by atoms with E-state index in [1.54, 1.807) is 0 Å². The number of carbonyl (C=O) groups is 2. The molecule has 1 heterocycles. The maximum absolute atomic E-state index is 12.4. The standard InChI is InChI=1S/C20H26N2O4S/c1-13-6-8-14(9-7-13)21-19(25)22-15-12-16(20(2,3)4)27-17(15)18(24)26-11-5-10-23/h6-9,12,23H,5,10-11H2,1-4H3,(H2,21,22,25). The lowest BCUT2D eigenvalue weighted by molar-refractivity contribution is 0.0489. The van der Waals surface area contributed by atoms with Crippen molar-refractivity contribution in [1.82, 2.24) is 0 Å². The maximum atomic E-state index is 12.4. The Kier molecular flexibility index (Phi) is 6.98. The molecule has 0 aliphatic heterocycles. The van der Waals surface area contributed by atoms with Crippen LogP contribution in [-0.4, -0.2) is 30.3 Å². The lowest BCUT2D eigenvalue weighted by Gasteiger charge is -2.15. The predicted octanol–water partition coefficient (Wildman–Crippen LogP) is 4.54. The van der Waals surface area contributed by atoms with E-state index in [0.29, 0.717) is 22.7 Å². The number of esters is 1. The molecule has 0 atom stereocenters. The van der Waals surface area contributed by atoms with Gasteiger partial charge in [0.1, 0.15) is 4.88 Å². The first kappa shape index (κ1) is 20.9. The summed E-state index contributed by atoms with van der Waals surface area (Å²) >= 11 is 1.30. The highest BCUT2D eigenvalue weighted by Crippen LogP contribution is 2.36. The molecule has 0 saturated carbocycles. The molecule has 0 spiro atoms. The minimum absolute atomic E-state index is 0.0466. The number of aliphatic hydroxyl groups is 1. The van der Waals surface area contributed by atoms with Crippen molar-refractivity contribution in [2.45, 2.75) is 39.5 Å². The Morgan fingerprint density at radius 2 is 1.81 bits per heavy atom. The highest BCUT2D eigenvalue weighted by atomic mass is 32.1. The number of aliphatic hydroxyl groups excluding tert-OH is 1. The van der Waals surface area contributed by atoms with E-state index in [2.05, 4.69) is 10.6 Å². The summed E-state index contributed by atoms with van der Waals surface area (Å²) in [6, 6.07) is 8.81. The number of hydrogen-bond acceptors (Lipinski definition) is 5. The van der Waals surface area contributed by atoms with E-state index in [1.807, 2.05) is 58.0 Å². The molecule has 0 radical (unpaired) electrons. The van der Waals surface area contributed by atoms with Crippen LogP contribution in [0.4, 0.5) is 16.2 Å². The minimum Gasteiger partial charge on any atom is -0.461 e. The highest BCUT2D eigenvalue weighted by Gasteiger charge is 2.24. The normalized spacial score (nSPS) is 11.1. The van der Waals surface area contributed by atoms with Crippen molar-refractivity contribution < 1.29 is 19.4 Å². The van der Waals surface area contributed by atoms with Gasteiger partial charge < -0.3 is 20.5 Å². The summed E-state index contributed by atoms with van der Waals surface area (Å²) in [6.07, 6.45) is 0.375. The van der Waals surface area contributed by atoms with Crippen molar-refractivity contribution in [3.8, 4) is 0 Å². The van der Waals surface area contributed by atoms with Gasteiger partial charge >= 0.3 is 12.0 Å². The number of carbonyl (C=O) groups excluding carboxylic acids is 2. The smallest absolute Gasteiger partial charge is 0.350 e. The van der Waals surface area contributed by atoms with Gasteiger partial charge in [-0.1, -0.05) is 38.5 Å². The second-order valence-electron chi connectivity index (χ2n) is 7.26. The topological polar surface area (TPSA) is 87.7 Å². The van der Waals surface area contributed by atoms with Gasteiger partial charge in [0.25, 0.3) is 0 Å². The van der Waals surface area contributed by atoms with Crippen LogP contribution in [0.3, 0.4) is 0 Å². The van der Waals surface area contributed by atoms with Crippen molar-refractivity contribution in [3.05, 3.63) is 45.6 Å². The number of hydrogen-bond donors (Lipinski definition) is 3. The highest BCUT2D eigenvalue weighted by molar-refractivity contribution is 7.14. The lowest BCUT2D eigenvalue weighted by Crippen LogP contribution is -2.20. The molecular weight excluding hydrogens is 364 g/mol. The number of amides is 2. The molecule has 0 aliphatic rings. The van der Waals surface area contributed by atoms with E-state index < -0.39 is 12.0 Å². The number of anilines is 2. The van der Waals surface area contributed by atoms with E-state index in [4.69, 9.17) is 9.84 Å². The second kappa shape index (κ2) is 9.01. The molecule has 2 rings (SSSR count). The molecule has 0 fully saturated rings. The molecule has 0 bridgehead atoms. The summed E-state index contributed by atoms with van der Waals surface area (Å²) in [5, 5.41) is 14.3. The van der Waals surface area contributed by atoms with Crippen molar-refractivity contribution in [2.75, 3.05) is 23.8 Å². The zero-order chi connectivity index (χ0) is 20.0. The van der Waals surface area contributed by atoms with Gasteiger partial charge in [-0.25, -0.2) is 9.59 Å². The van der Waals surface area contributed by atoms with Crippen LogP contribution in [0.2, 0.25) is 0 Å². The zero-order valence-corrected chi connectivity index (χ0v) is 16.9. The van der Waals surface area contributed by atoms with E-state index in [0.717, 1.165) is 10.4 Å². The Balaban J connectivity index is 2.17. The first-order valence-electron chi connectivity index (χ1n) is 8.77. The Labute approximate surface area is 163 Å². The van der Waals surface area contributed by atoms with Crippen LogP contribution < -0.4 is 10.6 Å². The van der Waals surface area contributed by atoms with E-state index in [9.17, 15) is 9.59 Å². The quantitative estimate of drug-likeness (QED) is 0.499. The third kappa shape index (κ3) is 6.08. The fourth-order valence-electron chi connectivity index (χ4n) is 2.22. The first-order valence-corrected chi connectivity index (χ1v) is 9.59. The maximum Gasteiger partial charge on any atom is 0.350 e. The number of rotatable bonds is 6. The Bertz CT molecular complexity index is 791. The van der Waals surface area contributed by atoms with Crippen molar-refractivity contribution in [1.29, 1.82) is 0 Å². The van der Waals surface area contributed by atoms with Crippen molar-refractivity contribution in [3.63, 3.8) is 0 Å². The van der Waals surface area contributed by atoms with Gasteiger partial charge in [-0.2, -0.15) is 0 Å². The van der Waals surface area contributed by atoms with E-state index in [1.165, 1.54) is 11.3 Å². The molecule has 146 valence electrons. The Hall–Kier alpha value is -2.38. The monoisotopic (exact) mass is 390 g/mol. The molecule has 27 heavy (non-hydrogen) atoms. The van der Waals surface area contributed by atoms with Crippen molar-refractivity contribution in [2.24, 2.45) is 0 Å². The van der Waals surface area contributed by atoms with Gasteiger partial charge in [0.15, 0.2) is 0 Å². The Morgan fingerprint density at radius 1 is 1.15 bits per heavy atom. The van der Waals surface area contributed by atoms with Crippen LogP contribution in [0, 0.1) is 6.92 Å². The minimum atomic E-state index is -0.505. The third-order valence-corrected chi connectivity index (χ3v) is 5.29. The van der Waals surface area contributed by atoms with Crippen molar-refractivity contribution >= 4 is 34.7 Å². The van der Waals surface area contributed by atoms with Crippen LogP contribution >= 0.6 is 11.3 Å². The van der Waals surface area contributed by atoms with E-state index >= 15 is 0 Å². The molecule has 6 nitrogen and oxygen atoms in total. The van der Waals surface area contributed by atoms with Crippen LogP contribution in [0.1, 0.15) is 47.3 Å². The summed E-state index contributed by atoms with van der Waals surface area (Å²) < 4.78 is 5.19. The zero-order valence-electron chi connectivity index (χ0n) is 16.1. The SMILES string of the molecule is Cc1ccc(NC(=O)Nc2cc(C(C)(C)C)sc2C(=O)OCCCO)cc1. The van der Waals surface area contributed by atoms with E-state index in [-0.39, 0.29) is 18.6 Å². The molecule has 0 saturated heterocycles. The fourth-order valence-corrected chi connectivity index (χ4v) is 3.29. The van der Waals surface area contributed by atoms with Gasteiger partial charge in [-0.3, -0.25) is 0 Å². The Morgan fingerprint density at radius 3 is 2.41 bits per heavy atom. The molecule has 3 N–H and O–H groups in total. The van der Waals surface area contributed by atoms with Crippen LogP contribution in [0.15, 0.2) is 30.3 Å². The molecule has 1 aromatic heterocycles. The second-order valence-corrected chi connectivity index (χ2v) is 8.31. The molecule has 0 aliphatic carbocycles. The molecule has 2 amide bonds. The van der Waals surface area contributed by atoms with Crippen LogP contribution in [0.25, 0.3) is 0 Å². The number of thiophene rings is 1. The molecule has 2 aromatic rings. The molecule has 7 heteroatoms. The first-order chi connectivity index (χ1) is 12.7. The molecule has 0 unspecified atom stereocenters. The number of aryl methyl sites for hydroxylation is 1. The summed E-state index contributed by atoms with van der Waals surface area (Å²) in [6.45, 7) is 8.17. The van der Waals surface area contributed by atoms with Crippen LogP contribution in [0.5, 0.6) is 0 Å². The number of benzene rings is 1. The summed E-state index contributed by atoms with van der Waals surface area (Å²) in [5.41, 5.74) is 2.01. The summed E-state index contributed by atoms with van der Waals surface area (Å²) in [7, 11) is 0. The van der Waals surface area contributed by atoms with Gasteiger partial charge in [0, 0.05) is 23.6 Å². The third-order valence-electron chi connectivity index (χ3n) is 3.75. The summed E-state index contributed by atoms with van der Waals surface area (Å²) in [5.74, 6) is -0.505. The average Bonchev–Trinajstić information content (AvgIpc) is 3.01. The van der Waals surface area contributed by atoms with Gasteiger partial charge in [0.05, 0.1) is 12.3 Å². The number of nitrogens with one attached hydrogen (secondary N) is 2. The molecular formula is C20H26N2O4S. The largest absolute Gasteiger partial charge is 0.461 e. The lowest BCUT2D eigenvalue weighted by atomic mass is 9.94. The fraction of sp³-hybridized carbons (Fsp3) is 0.400. The van der Waals surface area contributed by atoms with Crippen LogP contribution in [-0.2, 0) is 10.2 Å². The van der Waals surface area contributed by atoms with Gasteiger partial charge in [-0.15, -0.1) is 11.3 Å². The van der Waals surface area contributed by atoms with Gasteiger partial charge in [-0.05, 0) is 30.5 Å². The predicted molar refractivity (Wildman–Crippen MR) is 109 cm³/mol. The number of urea groups is 1. The van der Waals surface area contributed by atoms with Gasteiger partial charge in [0.2, 0.25) is 0 Å². The molecule has 1 aromatic carbocycles. The number of ether oxygens (including phenoxy) is 1. The summed E-state index contributed by atoms with van der Waals surface area (Å²) in [4.78, 5) is 26.1. The average molecular weight is 391 g/mol.